The van der Waals surface area contributed by atoms with E-state index in [-0.39, 0.29) is 31.0 Å². The molecule has 0 aliphatic heterocycles. The number of amides is 1. The van der Waals surface area contributed by atoms with Crippen LogP contribution in [0.15, 0.2) is 0 Å². The molecule has 0 atom stereocenters. The van der Waals surface area contributed by atoms with Crippen LogP contribution in [0.1, 0.15) is 27.2 Å². The molecule has 112 valence electrons. The van der Waals surface area contributed by atoms with Gasteiger partial charge < -0.3 is 10.8 Å². The highest BCUT2D eigenvalue weighted by Gasteiger charge is 2.25. The molecule has 0 aromatic heterocycles. The number of hydrogen-bond acceptors (Lipinski definition) is 5. The van der Waals surface area contributed by atoms with E-state index in [9.17, 15) is 18.0 Å². The maximum atomic E-state index is 11.7. The summed E-state index contributed by atoms with van der Waals surface area (Å²) < 4.78 is 23.3. The summed E-state index contributed by atoms with van der Waals surface area (Å²) in [6, 6.07) is 0. The molecule has 0 rings (SSSR count). The van der Waals surface area contributed by atoms with Crippen LogP contribution in [0, 0.1) is 0 Å². The van der Waals surface area contributed by atoms with Crippen LogP contribution in [-0.4, -0.2) is 60.4 Å². The summed E-state index contributed by atoms with van der Waals surface area (Å²) in [7, 11) is -3.40. The zero-order chi connectivity index (χ0) is 15.3. The van der Waals surface area contributed by atoms with E-state index in [1.54, 1.807) is 4.90 Å². The number of carbonyl (C=O) groups is 2. The summed E-state index contributed by atoms with van der Waals surface area (Å²) in [4.78, 5) is 22.9. The summed E-state index contributed by atoms with van der Waals surface area (Å²) in [5.74, 6) is -2.16. The van der Waals surface area contributed by atoms with E-state index >= 15 is 0 Å². The molecule has 0 aromatic rings. The van der Waals surface area contributed by atoms with Crippen molar-refractivity contribution in [2.24, 2.45) is 5.73 Å². The first kappa shape index (κ1) is 17.8. The van der Waals surface area contributed by atoms with Gasteiger partial charge in [0.2, 0.25) is 5.91 Å². The molecular formula is C11H22N2O5S. The Balaban J connectivity index is 4.54. The third-order valence-corrected chi connectivity index (χ3v) is 4.24. The molecule has 0 radical (unpaired) electrons. The second-order valence-electron chi connectivity index (χ2n) is 5.35. The van der Waals surface area contributed by atoms with Crippen LogP contribution < -0.4 is 5.73 Å². The van der Waals surface area contributed by atoms with Crippen LogP contribution in [0.25, 0.3) is 0 Å². The van der Waals surface area contributed by atoms with Gasteiger partial charge in [-0.1, -0.05) is 0 Å². The lowest BCUT2D eigenvalue weighted by atomic mass is 10.1. The van der Waals surface area contributed by atoms with Gasteiger partial charge in [-0.25, -0.2) is 8.42 Å². The van der Waals surface area contributed by atoms with Crippen LogP contribution in [-0.2, 0) is 19.4 Å². The quantitative estimate of drug-likeness (QED) is 0.621. The Kier molecular flexibility index (Phi) is 6.44. The van der Waals surface area contributed by atoms with Crippen LogP contribution >= 0.6 is 0 Å². The Morgan fingerprint density at radius 3 is 2.11 bits per heavy atom. The molecule has 8 heteroatoms. The minimum atomic E-state index is -3.40. The first-order chi connectivity index (χ1) is 8.44. The van der Waals surface area contributed by atoms with Crippen LogP contribution in [0.3, 0.4) is 0 Å². The van der Waals surface area contributed by atoms with Crippen molar-refractivity contribution in [3.05, 3.63) is 0 Å². The lowest BCUT2D eigenvalue weighted by Crippen LogP contribution is -2.46. The average Bonchev–Trinajstić information content (AvgIpc) is 2.19. The number of sulfone groups is 1. The van der Waals surface area contributed by atoms with Gasteiger partial charge in [0.15, 0.2) is 9.84 Å². The van der Waals surface area contributed by atoms with Gasteiger partial charge in [0.05, 0.1) is 18.1 Å². The van der Waals surface area contributed by atoms with Gasteiger partial charge in [-0.2, -0.15) is 0 Å². The topological polar surface area (TPSA) is 118 Å². The predicted molar refractivity (Wildman–Crippen MR) is 71.4 cm³/mol. The van der Waals surface area contributed by atoms with Crippen molar-refractivity contribution in [3.8, 4) is 0 Å². The predicted octanol–water partition coefficient (Wildman–Crippen LogP) is -0.538. The maximum absolute atomic E-state index is 11.7. The Morgan fingerprint density at radius 2 is 1.74 bits per heavy atom. The maximum Gasteiger partial charge on any atom is 0.317 e. The van der Waals surface area contributed by atoms with Gasteiger partial charge in [0, 0.05) is 18.5 Å². The Hall–Kier alpha value is -1.15. The van der Waals surface area contributed by atoms with Gasteiger partial charge in [-0.15, -0.1) is 0 Å². The first-order valence-electron chi connectivity index (χ1n) is 5.89. The summed E-state index contributed by atoms with van der Waals surface area (Å²) in [5, 5.41) is 8.80. The van der Waals surface area contributed by atoms with E-state index in [1.165, 1.54) is 0 Å². The summed E-state index contributed by atoms with van der Waals surface area (Å²) in [5.41, 5.74) is 4.45. The van der Waals surface area contributed by atoms with E-state index in [0.717, 1.165) is 0 Å². The molecular weight excluding hydrogens is 272 g/mol. The third kappa shape index (κ3) is 8.55. The van der Waals surface area contributed by atoms with Crippen LogP contribution in [0.5, 0.6) is 0 Å². The minimum absolute atomic E-state index is 0.108. The lowest BCUT2D eigenvalue weighted by Gasteiger charge is -2.34. The van der Waals surface area contributed by atoms with E-state index in [4.69, 9.17) is 10.8 Å². The number of aliphatic carboxylic acids is 1. The minimum Gasteiger partial charge on any atom is -0.480 e. The standard InChI is InChI=1S/C11H22N2O5S/c1-11(2,3)13(8-10(15)16)5-7-19(17,18)6-4-9(12)14/h4-8H2,1-3H3,(H2,12,14)(H,15,16). The van der Waals surface area contributed by atoms with Crippen molar-refractivity contribution >= 4 is 21.7 Å². The smallest absolute Gasteiger partial charge is 0.317 e. The van der Waals surface area contributed by atoms with Gasteiger partial charge in [0.1, 0.15) is 0 Å². The number of carboxylic acids is 1. The molecule has 7 nitrogen and oxygen atoms in total. The molecule has 19 heavy (non-hydrogen) atoms. The molecule has 1 amide bonds. The van der Waals surface area contributed by atoms with Crippen molar-refractivity contribution < 1.29 is 23.1 Å². The second kappa shape index (κ2) is 6.85. The van der Waals surface area contributed by atoms with E-state index in [0.29, 0.717) is 0 Å². The summed E-state index contributed by atoms with van der Waals surface area (Å²) in [6.07, 6.45) is -0.212. The Morgan fingerprint density at radius 1 is 1.21 bits per heavy atom. The Bertz CT molecular complexity index is 425. The van der Waals surface area contributed by atoms with Crippen molar-refractivity contribution in [1.82, 2.24) is 4.90 Å². The van der Waals surface area contributed by atoms with Crippen LogP contribution in [0.2, 0.25) is 0 Å². The molecule has 0 aliphatic carbocycles. The summed E-state index contributed by atoms with van der Waals surface area (Å²) in [6.45, 7) is 5.32. The van der Waals surface area contributed by atoms with Crippen molar-refractivity contribution in [2.75, 3.05) is 24.6 Å². The van der Waals surface area contributed by atoms with E-state index in [1.807, 2.05) is 20.8 Å². The Labute approximate surface area is 113 Å². The largest absolute Gasteiger partial charge is 0.480 e. The molecule has 0 saturated carbocycles. The highest BCUT2D eigenvalue weighted by Crippen LogP contribution is 2.13. The number of carbonyl (C=O) groups excluding carboxylic acids is 1. The number of carboxylic acid groups (broad SMARTS) is 1. The highest BCUT2D eigenvalue weighted by atomic mass is 32.2. The fraction of sp³-hybridized carbons (Fsp3) is 0.818. The highest BCUT2D eigenvalue weighted by molar-refractivity contribution is 7.91. The number of rotatable bonds is 8. The molecule has 3 N–H and O–H groups in total. The molecule has 0 unspecified atom stereocenters. The molecule has 0 spiro atoms. The van der Waals surface area contributed by atoms with Gasteiger partial charge in [-0.05, 0) is 20.8 Å². The SMILES string of the molecule is CC(C)(C)N(CCS(=O)(=O)CCC(N)=O)CC(=O)O. The fourth-order valence-electron chi connectivity index (χ4n) is 1.42. The number of primary amides is 1. The zero-order valence-electron chi connectivity index (χ0n) is 11.5. The second-order valence-corrected chi connectivity index (χ2v) is 7.66. The molecule has 0 aliphatic rings. The summed E-state index contributed by atoms with van der Waals surface area (Å²) >= 11 is 0. The molecule has 0 bridgehead atoms. The average molecular weight is 294 g/mol. The molecule has 0 aromatic carbocycles. The van der Waals surface area contributed by atoms with E-state index in [2.05, 4.69) is 0 Å². The van der Waals surface area contributed by atoms with Gasteiger partial charge in [-0.3, -0.25) is 14.5 Å². The van der Waals surface area contributed by atoms with Crippen molar-refractivity contribution in [2.45, 2.75) is 32.7 Å². The van der Waals surface area contributed by atoms with E-state index < -0.39 is 27.3 Å². The number of nitrogens with two attached hydrogens (primary N) is 1. The normalized spacial score (nSPS) is 12.6. The van der Waals surface area contributed by atoms with Crippen molar-refractivity contribution in [1.29, 1.82) is 0 Å². The first-order valence-corrected chi connectivity index (χ1v) is 7.72. The molecule has 0 heterocycles. The van der Waals surface area contributed by atoms with Crippen molar-refractivity contribution in [3.63, 3.8) is 0 Å². The third-order valence-electron chi connectivity index (χ3n) is 2.61. The fourth-order valence-corrected chi connectivity index (χ4v) is 2.64. The van der Waals surface area contributed by atoms with Gasteiger partial charge in [0.25, 0.3) is 0 Å². The lowest BCUT2D eigenvalue weighted by molar-refractivity contribution is -0.139. The zero-order valence-corrected chi connectivity index (χ0v) is 12.4. The number of nitrogens with zero attached hydrogens (tertiary/aromatic N) is 1. The molecule has 0 fully saturated rings. The monoisotopic (exact) mass is 294 g/mol. The van der Waals surface area contributed by atoms with Crippen LogP contribution in [0.4, 0.5) is 0 Å². The molecule has 0 saturated heterocycles. The van der Waals surface area contributed by atoms with Gasteiger partial charge >= 0.3 is 5.97 Å². The number of hydrogen-bond donors (Lipinski definition) is 2.